The predicted octanol–water partition coefficient (Wildman–Crippen LogP) is 4.23. The number of aliphatic hydroxyl groups excluding tert-OH is 1. The molecule has 10 nitrogen and oxygen atoms in total. The van der Waals surface area contributed by atoms with E-state index in [0.29, 0.717) is 0 Å². The number of furan rings is 1. The van der Waals surface area contributed by atoms with Crippen LogP contribution in [0.25, 0.3) is 11.4 Å². The fourth-order valence-corrected chi connectivity index (χ4v) is 5.42. The number of hydrogen-bond donors (Lipinski definition) is 2. The minimum Gasteiger partial charge on any atom is -0.472 e. The molecule has 4 rings (SSSR count). The van der Waals surface area contributed by atoms with E-state index in [1.165, 1.54) is 23.5 Å². The number of nitrogens with zero attached hydrogens (tertiary/aromatic N) is 5. The van der Waals surface area contributed by atoms with Gasteiger partial charge in [-0.25, -0.2) is 23.5 Å². The normalized spacial score (nSPS) is 19.5. The lowest BCUT2D eigenvalue weighted by Gasteiger charge is -2.44. The van der Waals surface area contributed by atoms with Gasteiger partial charge in [0.05, 0.1) is 30.1 Å². The second-order valence-electron chi connectivity index (χ2n) is 11.4. The zero-order chi connectivity index (χ0) is 30.3. The van der Waals surface area contributed by atoms with Crippen LogP contribution in [-0.4, -0.2) is 90.2 Å². The van der Waals surface area contributed by atoms with Crippen molar-refractivity contribution < 1.29 is 46.2 Å². The number of carbonyl (C=O) groups is 2. The number of likely N-dealkylation sites (tertiary alicyclic amines) is 1. The van der Waals surface area contributed by atoms with Gasteiger partial charge in [-0.05, 0) is 33.3 Å². The van der Waals surface area contributed by atoms with Crippen LogP contribution < -0.4 is 0 Å². The monoisotopic (exact) mass is 589 g/mol. The van der Waals surface area contributed by atoms with Crippen molar-refractivity contribution in [3.05, 3.63) is 35.5 Å². The van der Waals surface area contributed by atoms with Crippen LogP contribution in [-0.2, 0) is 23.9 Å². The summed E-state index contributed by atoms with van der Waals surface area (Å²) in [7, 11) is 0. The number of hydrogen-bond acceptors (Lipinski definition) is 7. The first-order chi connectivity index (χ1) is 19.0. The molecule has 0 radical (unpaired) electrons. The Hall–Kier alpha value is -3.33. The molecule has 226 valence electrons. The Labute approximate surface area is 232 Å². The molecule has 0 spiro atoms. The van der Waals surface area contributed by atoms with Crippen LogP contribution in [0, 0.1) is 0 Å². The van der Waals surface area contributed by atoms with Gasteiger partial charge in [-0.2, -0.15) is 13.2 Å². The van der Waals surface area contributed by atoms with Crippen LogP contribution >= 0.6 is 0 Å². The zero-order valence-corrected chi connectivity index (χ0v) is 22.8. The molecule has 4 heterocycles. The molecule has 2 aromatic rings. The van der Waals surface area contributed by atoms with Crippen molar-refractivity contribution in [1.29, 1.82) is 0 Å². The fraction of sp³-hybridized carbons (Fsp3) is 0.615. The summed E-state index contributed by atoms with van der Waals surface area (Å²) >= 11 is 0. The number of fused-ring (bicyclic) bond motifs is 1. The lowest BCUT2D eigenvalue weighted by molar-refractivity contribution is -0.149. The number of carbonyl (C=O) groups excluding carboxylic acids is 1. The average Bonchev–Trinajstić information content (AvgIpc) is 3.38. The number of piperidine rings is 1. The molecule has 2 aromatic heterocycles. The molecule has 0 aromatic carbocycles. The van der Waals surface area contributed by atoms with Crippen molar-refractivity contribution in [3.63, 3.8) is 0 Å². The Bertz CT molecular complexity index is 1260. The molecule has 0 aliphatic carbocycles. The molecule has 41 heavy (non-hydrogen) atoms. The van der Waals surface area contributed by atoms with Crippen molar-refractivity contribution in [2.24, 2.45) is 0 Å². The molecule has 2 aliphatic rings. The second-order valence-corrected chi connectivity index (χ2v) is 11.4. The minimum atomic E-state index is -4.75. The van der Waals surface area contributed by atoms with Gasteiger partial charge in [0.2, 0.25) is 5.91 Å². The number of carboxylic acid groups (broad SMARTS) is 1. The molecule has 0 saturated carbocycles. The van der Waals surface area contributed by atoms with Gasteiger partial charge in [0, 0.05) is 50.0 Å². The van der Waals surface area contributed by atoms with Gasteiger partial charge >= 0.3 is 12.3 Å². The van der Waals surface area contributed by atoms with E-state index in [9.17, 15) is 41.8 Å². The molecular formula is C26H32F5N5O5. The van der Waals surface area contributed by atoms with Gasteiger partial charge < -0.3 is 19.5 Å². The average molecular weight is 590 g/mol. The van der Waals surface area contributed by atoms with Gasteiger partial charge in [-0.1, -0.05) is 0 Å². The minimum absolute atomic E-state index is 0.0261. The van der Waals surface area contributed by atoms with E-state index in [-0.39, 0.29) is 55.1 Å². The first-order valence-electron chi connectivity index (χ1n) is 13.1. The maximum atomic E-state index is 14.1. The number of amides is 2. The Balaban J connectivity index is 1.62. The Morgan fingerprint density at radius 1 is 1.22 bits per heavy atom. The molecule has 2 amide bonds. The fourth-order valence-electron chi connectivity index (χ4n) is 5.42. The highest BCUT2D eigenvalue weighted by Gasteiger charge is 2.44. The highest BCUT2D eigenvalue weighted by Crippen LogP contribution is 2.36. The van der Waals surface area contributed by atoms with Crippen LogP contribution in [0.4, 0.5) is 26.7 Å². The van der Waals surface area contributed by atoms with Crippen LogP contribution in [0.1, 0.15) is 57.0 Å². The third-order valence-corrected chi connectivity index (χ3v) is 7.25. The molecule has 2 atom stereocenters. The third kappa shape index (κ3) is 6.94. The molecule has 1 saturated heterocycles. The van der Waals surface area contributed by atoms with E-state index >= 15 is 0 Å². The SMILES string of the molecule is CC(C)(C)N(C(=O)O)[C@@H](CC(O)N1CCc2c(nc(-c3ccoc3)nc2C(F)(F)F)C1)CN1CC(F)(F)CCC1=O. The Morgan fingerprint density at radius 2 is 1.93 bits per heavy atom. The summed E-state index contributed by atoms with van der Waals surface area (Å²) in [6.45, 7) is 3.29. The lowest BCUT2D eigenvalue weighted by Crippen LogP contribution is -2.59. The highest BCUT2D eigenvalue weighted by molar-refractivity contribution is 5.77. The summed E-state index contributed by atoms with van der Waals surface area (Å²) in [6, 6.07) is 0.319. The van der Waals surface area contributed by atoms with E-state index in [1.54, 1.807) is 20.8 Å². The first-order valence-corrected chi connectivity index (χ1v) is 13.1. The van der Waals surface area contributed by atoms with E-state index < -0.39 is 67.0 Å². The number of aromatic nitrogens is 2. The molecular weight excluding hydrogens is 557 g/mol. The lowest BCUT2D eigenvalue weighted by atomic mass is 9.97. The largest absolute Gasteiger partial charge is 0.472 e. The zero-order valence-electron chi connectivity index (χ0n) is 22.8. The standard InChI is InChI=1S/C26H32F5N5O5/c1-24(2,3)36(23(39)40)16(11-35-14-25(27,28)7-4-19(35)37)10-20(38)34-8-5-17-18(12-34)32-22(15-6-9-41-13-15)33-21(17)26(29,30)31/h6,9,13,16,20,38H,4-5,7-8,10-12,14H2,1-3H3,(H,39,40)/t16-,20?/m0/s1. The number of aliphatic hydroxyl groups is 1. The molecule has 2 N–H and O–H groups in total. The van der Waals surface area contributed by atoms with Crippen LogP contribution in [0.15, 0.2) is 23.0 Å². The Morgan fingerprint density at radius 3 is 2.51 bits per heavy atom. The number of rotatable bonds is 7. The van der Waals surface area contributed by atoms with Gasteiger partial charge in [0.15, 0.2) is 11.5 Å². The van der Waals surface area contributed by atoms with E-state index in [0.717, 1.165) is 9.80 Å². The van der Waals surface area contributed by atoms with E-state index in [1.807, 2.05) is 0 Å². The second kappa shape index (κ2) is 11.2. The molecule has 15 heteroatoms. The summed E-state index contributed by atoms with van der Waals surface area (Å²) in [5.41, 5.74) is -1.93. The van der Waals surface area contributed by atoms with Crippen molar-refractivity contribution in [1.82, 2.24) is 24.7 Å². The molecule has 1 fully saturated rings. The number of alkyl halides is 5. The van der Waals surface area contributed by atoms with Crippen LogP contribution in [0.5, 0.6) is 0 Å². The first kappa shape index (κ1) is 30.6. The number of halogens is 5. The summed E-state index contributed by atoms with van der Waals surface area (Å²) in [5.74, 6) is -3.88. The van der Waals surface area contributed by atoms with Gasteiger partial charge in [0.1, 0.15) is 12.5 Å². The highest BCUT2D eigenvalue weighted by atomic mass is 19.4. The van der Waals surface area contributed by atoms with Gasteiger partial charge in [0.25, 0.3) is 5.92 Å². The maximum absolute atomic E-state index is 14.1. The summed E-state index contributed by atoms with van der Waals surface area (Å²) in [6.07, 6.45) is -6.47. The predicted molar refractivity (Wildman–Crippen MR) is 134 cm³/mol. The van der Waals surface area contributed by atoms with Crippen molar-refractivity contribution in [2.45, 2.75) is 82.9 Å². The summed E-state index contributed by atoms with van der Waals surface area (Å²) in [5, 5.41) is 21.2. The third-order valence-electron chi connectivity index (χ3n) is 7.25. The summed E-state index contributed by atoms with van der Waals surface area (Å²) in [4.78, 5) is 36.1. The quantitative estimate of drug-likeness (QED) is 0.461. The van der Waals surface area contributed by atoms with E-state index in [4.69, 9.17) is 4.42 Å². The topological polar surface area (TPSA) is 123 Å². The van der Waals surface area contributed by atoms with Crippen LogP contribution in [0.2, 0.25) is 0 Å². The van der Waals surface area contributed by atoms with E-state index in [2.05, 4.69) is 9.97 Å². The maximum Gasteiger partial charge on any atom is 0.433 e. The Kier molecular flexibility index (Phi) is 8.33. The van der Waals surface area contributed by atoms with Crippen molar-refractivity contribution >= 4 is 12.0 Å². The molecule has 2 aliphatic heterocycles. The molecule has 0 bridgehead atoms. The van der Waals surface area contributed by atoms with Gasteiger partial charge in [-0.15, -0.1) is 0 Å². The van der Waals surface area contributed by atoms with Crippen molar-refractivity contribution in [3.8, 4) is 11.4 Å². The van der Waals surface area contributed by atoms with Crippen LogP contribution in [0.3, 0.4) is 0 Å². The van der Waals surface area contributed by atoms with Crippen molar-refractivity contribution in [2.75, 3.05) is 19.6 Å². The molecule has 1 unspecified atom stereocenters. The van der Waals surface area contributed by atoms with Gasteiger partial charge in [-0.3, -0.25) is 14.6 Å². The summed E-state index contributed by atoms with van der Waals surface area (Å²) < 4.78 is 74.9. The smallest absolute Gasteiger partial charge is 0.433 e.